The Morgan fingerprint density at radius 2 is 2.14 bits per heavy atom. The number of aliphatic hydroxyl groups excluding tert-OH is 1. The summed E-state index contributed by atoms with van der Waals surface area (Å²) in [5.74, 6) is 1.69. The highest BCUT2D eigenvalue weighted by molar-refractivity contribution is 14.0. The number of halogens is 1. The number of nitrogens with one attached hydrogen (secondary N) is 2. The molecule has 0 spiro atoms. The molecule has 1 fully saturated rings. The Labute approximate surface area is 190 Å². The average Bonchev–Trinajstić information content (AvgIpc) is 3.35. The van der Waals surface area contributed by atoms with Crippen LogP contribution in [0, 0.1) is 5.41 Å². The summed E-state index contributed by atoms with van der Waals surface area (Å²) >= 11 is 0. The Kier molecular flexibility index (Phi) is 9.89. The van der Waals surface area contributed by atoms with E-state index in [2.05, 4.69) is 39.2 Å². The molecule has 8 heteroatoms. The van der Waals surface area contributed by atoms with E-state index in [1.165, 1.54) is 5.56 Å². The first-order valence-corrected chi connectivity index (χ1v) is 9.99. The molecule has 29 heavy (non-hydrogen) atoms. The summed E-state index contributed by atoms with van der Waals surface area (Å²) in [4.78, 5) is 9.19. The second kappa shape index (κ2) is 12.1. The van der Waals surface area contributed by atoms with Crippen LogP contribution in [-0.4, -0.2) is 53.5 Å². The summed E-state index contributed by atoms with van der Waals surface area (Å²) in [5.41, 5.74) is 1.22. The van der Waals surface area contributed by atoms with Gasteiger partial charge in [0.15, 0.2) is 5.96 Å². The number of aliphatic hydroxyl groups is 1. The van der Waals surface area contributed by atoms with Crippen molar-refractivity contribution in [2.75, 3.05) is 32.9 Å². The minimum absolute atomic E-state index is 0. The third-order valence-corrected chi connectivity index (χ3v) is 5.18. The van der Waals surface area contributed by atoms with Gasteiger partial charge in [0.05, 0.1) is 6.61 Å². The second-order valence-corrected chi connectivity index (χ2v) is 7.28. The molecule has 1 aliphatic heterocycles. The summed E-state index contributed by atoms with van der Waals surface area (Å²) in [6.45, 7) is 6.47. The average molecular weight is 513 g/mol. The van der Waals surface area contributed by atoms with E-state index in [-0.39, 0.29) is 36.0 Å². The third-order valence-electron chi connectivity index (χ3n) is 5.18. The van der Waals surface area contributed by atoms with Gasteiger partial charge in [0.1, 0.15) is 12.4 Å². The Hall–Kier alpha value is -1.65. The summed E-state index contributed by atoms with van der Waals surface area (Å²) in [5, 5.41) is 16.1. The fourth-order valence-corrected chi connectivity index (χ4v) is 3.49. The first-order chi connectivity index (χ1) is 13.7. The van der Waals surface area contributed by atoms with E-state index in [0.717, 1.165) is 50.9 Å². The lowest BCUT2D eigenvalue weighted by Gasteiger charge is -2.27. The van der Waals surface area contributed by atoms with E-state index >= 15 is 0 Å². The van der Waals surface area contributed by atoms with Crippen LogP contribution in [0.3, 0.4) is 0 Å². The van der Waals surface area contributed by atoms with Gasteiger partial charge >= 0.3 is 0 Å². The van der Waals surface area contributed by atoms with Gasteiger partial charge < -0.3 is 25.0 Å². The molecule has 3 rings (SSSR count). The standard InChI is InChI=1S/C21H31N5O2.HI/c1-2-22-20(25-16-21(8-12-27)9-13-28-17-21)24-14-19-23-10-11-26(19)15-18-6-4-3-5-7-18;/h3-7,10-11,27H,2,8-9,12-17H2,1H3,(H2,22,24,25);1H. The lowest BCUT2D eigenvalue weighted by atomic mass is 9.84. The number of ether oxygens (including phenoxy) is 1. The molecule has 1 aliphatic rings. The van der Waals surface area contributed by atoms with Crippen molar-refractivity contribution in [3.05, 3.63) is 54.1 Å². The molecule has 0 radical (unpaired) electrons. The van der Waals surface area contributed by atoms with Gasteiger partial charge in [0.25, 0.3) is 0 Å². The highest BCUT2D eigenvalue weighted by atomic mass is 127. The highest BCUT2D eigenvalue weighted by Gasteiger charge is 2.34. The fourth-order valence-electron chi connectivity index (χ4n) is 3.49. The minimum Gasteiger partial charge on any atom is -0.396 e. The van der Waals surface area contributed by atoms with Crippen molar-refractivity contribution in [1.29, 1.82) is 0 Å². The predicted molar refractivity (Wildman–Crippen MR) is 126 cm³/mol. The number of aromatic nitrogens is 2. The molecule has 3 N–H and O–H groups in total. The molecule has 0 saturated carbocycles. The SMILES string of the molecule is CCNC(=NCc1nccn1Cc1ccccc1)NCC1(CCO)CCOC1.I. The van der Waals surface area contributed by atoms with Gasteiger partial charge in [0.2, 0.25) is 0 Å². The van der Waals surface area contributed by atoms with Crippen molar-refractivity contribution >= 4 is 29.9 Å². The molecule has 160 valence electrons. The number of hydrogen-bond acceptors (Lipinski definition) is 4. The van der Waals surface area contributed by atoms with Crippen molar-refractivity contribution in [3.63, 3.8) is 0 Å². The summed E-state index contributed by atoms with van der Waals surface area (Å²) in [7, 11) is 0. The van der Waals surface area contributed by atoms with E-state index in [0.29, 0.717) is 13.2 Å². The number of hydrogen-bond donors (Lipinski definition) is 3. The third kappa shape index (κ3) is 6.97. The first-order valence-electron chi connectivity index (χ1n) is 9.99. The van der Waals surface area contributed by atoms with Crippen LogP contribution in [0.1, 0.15) is 31.2 Å². The van der Waals surface area contributed by atoms with Crippen LogP contribution in [0.15, 0.2) is 47.7 Å². The first kappa shape index (κ1) is 23.6. The molecule has 0 aliphatic carbocycles. The molecule has 1 aromatic heterocycles. The molecule has 1 saturated heterocycles. The summed E-state index contributed by atoms with van der Waals surface area (Å²) in [6, 6.07) is 10.3. The van der Waals surface area contributed by atoms with Gasteiger partial charge in [-0.15, -0.1) is 24.0 Å². The topological polar surface area (TPSA) is 83.7 Å². The van der Waals surface area contributed by atoms with Crippen LogP contribution in [0.4, 0.5) is 0 Å². The number of imidazole rings is 1. The molecule has 2 aromatic rings. The maximum Gasteiger partial charge on any atom is 0.191 e. The van der Waals surface area contributed by atoms with Gasteiger partial charge in [-0.2, -0.15) is 0 Å². The number of nitrogens with zero attached hydrogens (tertiary/aromatic N) is 3. The molecular weight excluding hydrogens is 481 g/mol. The summed E-state index contributed by atoms with van der Waals surface area (Å²) < 4.78 is 7.70. The number of aliphatic imine (C=N–C) groups is 1. The zero-order chi connectivity index (χ0) is 19.7. The summed E-state index contributed by atoms with van der Waals surface area (Å²) in [6.07, 6.45) is 5.51. The maximum atomic E-state index is 9.40. The van der Waals surface area contributed by atoms with Crippen molar-refractivity contribution in [1.82, 2.24) is 20.2 Å². The maximum absolute atomic E-state index is 9.40. The van der Waals surface area contributed by atoms with Gasteiger partial charge in [-0.1, -0.05) is 30.3 Å². The Morgan fingerprint density at radius 1 is 1.31 bits per heavy atom. The smallest absolute Gasteiger partial charge is 0.191 e. The van der Waals surface area contributed by atoms with Crippen LogP contribution in [-0.2, 0) is 17.8 Å². The number of guanidine groups is 1. The van der Waals surface area contributed by atoms with Crippen LogP contribution >= 0.6 is 24.0 Å². The van der Waals surface area contributed by atoms with Crippen molar-refractivity contribution in [3.8, 4) is 0 Å². The lowest BCUT2D eigenvalue weighted by Crippen LogP contribution is -2.44. The zero-order valence-corrected chi connectivity index (χ0v) is 19.3. The highest BCUT2D eigenvalue weighted by Crippen LogP contribution is 2.31. The molecular formula is C21H32IN5O2. The molecule has 0 amide bonds. The quantitative estimate of drug-likeness (QED) is 0.273. The van der Waals surface area contributed by atoms with Crippen molar-refractivity contribution in [2.45, 2.75) is 32.9 Å². The van der Waals surface area contributed by atoms with E-state index in [4.69, 9.17) is 9.73 Å². The van der Waals surface area contributed by atoms with Crippen LogP contribution in [0.5, 0.6) is 0 Å². The van der Waals surface area contributed by atoms with E-state index in [1.54, 1.807) is 0 Å². The van der Waals surface area contributed by atoms with Crippen molar-refractivity contribution < 1.29 is 9.84 Å². The molecule has 1 unspecified atom stereocenters. The van der Waals surface area contributed by atoms with Gasteiger partial charge in [0, 0.05) is 50.7 Å². The van der Waals surface area contributed by atoms with E-state index in [9.17, 15) is 5.11 Å². The van der Waals surface area contributed by atoms with Gasteiger partial charge in [-0.25, -0.2) is 9.98 Å². The molecule has 1 atom stereocenters. The minimum atomic E-state index is -0.0171. The van der Waals surface area contributed by atoms with E-state index < -0.39 is 0 Å². The monoisotopic (exact) mass is 513 g/mol. The van der Waals surface area contributed by atoms with Gasteiger partial charge in [-0.05, 0) is 25.3 Å². The Morgan fingerprint density at radius 3 is 2.83 bits per heavy atom. The Balaban J connectivity index is 0.00000300. The predicted octanol–water partition coefficient (Wildman–Crippen LogP) is 2.39. The zero-order valence-electron chi connectivity index (χ0n) is 17.0. The molecule has 7 nitrogen and oxygen atoms in total. The van der Waals surface area contributed by atoms with Gasteiger partial charge in [-0.3, -0.25) is 0 Å². The number of benzene rings is 1. The van der Waals surface area contributed by atoms with Crippen LogP contribution < -0.4 is 10.6 Å². The molecule has 1 aromatic carbocycles. The van der Waals surface area contributed by atoms with E-state index in [1.807, 2.05) is 30.6 Å². The largest absolute Gasteiger partial charge is 0.396 e. The molecule has 0 bridgehead atoms. The van der Waals surface area contributed by atoms with Crippen LogP contribution in [0.25, 0.3) is 0 Å². The Bertz CT molecular complexity index is 745. The lowest BCUT2D eigenvalue weighted by molar-refractivity contribution is 0.127. The second-order valence-electron chi connectivity index (χ2n) is 7.28. The van der Waals surface area contributed by atoms with Crippen LogP contribution in [0.2, 0.25) is 0 Å². The van der Waals surface area contributed by atoms with Crippen molar-refractivity contribution in [2.24, 2.45) is 10.4 Å². The number of rotatable bonds is 9. The molecule has 2 heterocycles. The normalized spacial score (nSPS) is 19.0. The fraction of sp³-hybridized carbons (Fsp3) is 0.524.